The van der Waals surface area contributed by atoms with E-state index in [1.54, 1.807) is 7.05 Å². The molecule has 13 heteroatoms. The van der Waals surface area contributed by atoms with Crippen molar-refractivity contribution in [3.05, 3.63) is 29.6 Å². The normalized spacial score (nSPS) is 13.7. The molecular formula is C33H64F5N5OS2. The lowest BCUT2D eigenvalue weighted by Crippen LogP contribution is -2.56. The van der Waals surface area contributed by atoms with Crippen molar-refractivity contribution in [3.8, 4) is 0 Å². The minimum absolute atomic E-state index is 0.107. The van der Waals surface area contributed by atoms with Gasteiger partial charge in [-0.25, -0.2) is 37.4 Å². The second-order valence-electron chi connectivity index (χ2n) is 11.9. The van der Waals surface area contributed by atoms with E-state index in [4.69, 9.17) is 4.98 Å². The number of rotatable bonds is 10. The minimum atomic E-state index is -2.94. The number of carbonyl (C=O) groups is 1. The Balaban J connectivity index is -0.00000105. The summed E-state index contributed by atoms with van der Waals surface area (Å²) in [6.07, 6.45) is 11.3. The van der Waals surface area contributed by atoms with Crippen molar-refractivity contribution in [2.24, 2.45) is 5.92 Å². The Hall–Kier alpha value is -1.73. The summed E-state index contributed by atoms with van der Waals surface area (Å²) in [5.41, 5.74) is 2.50. The number of halogens is 5. The maximum Gasteiger partial charge on any atom is 0.318 e. The van der Waals surface area contributed by atoms with E-state index < -0.39 is 42.0 Å². The van der Waals surface area contributed by atoms with Crippen molar-refractivity contribution >= 4 is 39.9 Å². The molecule has 0 atom stereocenters. The minimum Gasteiger partial charge on any atom is -0.332 e. The van der Waals surface area contributed by atoms with Crippen LogP contribution in [0.25, 0.3) is 11.0 Å². The van der Waals surface area contributed by atoms with Gasteiger partial charge in [0.1, 0.15) is 5.82 Å². The summed E-state index contributed by atoms with van der Waals surface area (Å²) in [5, 5.41) is 2.25. The maximum atomic E-state index is 13.7. The van der Waals surface area contributed by atoms with Gasteiger partial charge < -0.3 is 14.8 Å². The third-order valence-electron chi connectivity index (χ3n) is 5.40. The zero-order valence-electron chi connectivity index (χ0n) is 30.3. The Bertz CT molecular complexity index is 1010. The first-order chi connectivity index (χ1) is 21.6. The number of carbonyl (C=O) groups excluding carboxylic acids is 1. The number of aromatic nitrogens is 2. The van der Waals surface area contributed by atoms with Crippen LogP contribution in [0.5, 0.6) is 0 Å². The molecule has 1 aliphatic rings. The Morgan fingerprint density at radius 1 is 1.07 bits per heavy atom. The Kier molecular flexibility index (Phi) is 29.9. The summed E-state index contributed by atoms with van der Waals surface area (Å²) in [7, 11) is 1.19. The average Bonchev–Trinajstić information content (AvgIpc) is 3.30. The van der Waals surface area contributed by atoms with Crippen molar-refractivity contribution in [2.75, 3.05) is 58.3 Å². The number of urea groups is 1. The van der Waals surface area contributed by atoms with Gasteiger partial charge in [-0.05, 0) is 74.4 Å². The number of hydrogen-bond donors (Lipinski definition) is 3. The number of thiol groups is 1. The van der Waals surface area contributed by atoms with Crippen LogP contribution in [0.15, 0.2) is 18.2 Å². The standard InChI is InChI=1S/C22H33F3N4OS.C4H10.C3H8.C2H6.CH2F2.CH5NS/c1-31(2,3)12-5-4-11-29-19-13-17(8-9-18(19)27-20(29)7-6-10-23)14-28-16-22(24,25)15-26-21(28)30;1-4(2)3;1-3-2;1-2;2-1-3;1-2-3/h8-9,13H,4-7,10-12,14-16H2,1-3H3,(H,26,30);4H,1-3H3;3H2,1-2H3;1-2H3;1H2;2-3H,1H3. The lowest BCUT2D eigenvalue weighted by Gasteiger charge is -2.33. The summed E-state index contributed by atoms with van der Waals surface area (Å²) in [6.45, 7) is 12.3. The van der Waals surface area contributed by atoms with Gasteiger partial charge in [-0.2, -0.15) is 0 Å². The summed E-state index contributed by atoms with van der Waals surface area (Å²) < 4.78 is 64.1. The number of alkyl halides is 5. The van der Waals surface area contributed by atoms with Crippen LogP contribution in [0.1, 0.15) is 85.5 Å². The van der Waals surface area contributed by atoms with Crippen LogP contribution in [0.2, 0.25) is 0 Å². The quantitative estimate of drug-likeness (QED) is 0.131. The van der Waals surface area contributed by atoms with E-state index in [1.165, 1.54) is 12.2 Å². The first-order valence-electron chi connectivity index (χ1n) is 16.1. The Labute approximate surface area is 283 Å². The van der Waals surface area contributed by atoms with Gasteiger partial charge in [-0.15, -0.1) is 0 Å². The molecule has 0 spiro atoms. The van der Waals surface area contributed by atoms with Crippen LogP contribution in [0.4, 0.5) is 26.7 Å². The smallest absolute Gasteiger partial charge is 0.318 e. The maximum absolute atomic E-state index is 13.7. The number of imidazole rings is 1. The molecule has 2 heterocycles. The Morgan fingerprint density at radius 3 is 2.07 bits per heavy atom. The molecule has 0 aliphatic carbocycles. The predicted molar refractivity (Wildman–Crippen MR) is 195 cm³/mol. The number of amides is 2. The summed E-state index contributed by atoms with van der Waals surface area (Å²) >= 11 is 3.54. The van der Waals surface area contributed by atoms with Crippen LogP contribution in [-0.4, -0.2) is 84.7 Å². The van der Waals surface area contributed by atoms with Crippen LogP contribution in [0, 0.1) is 5.92 Å². The molecule has 0 bridgehead atoms. The van der Waals surface area contributed by atoms with Crippen molar-refractivity contribution in [1.29, 1.82) is 0 Å². The summed E-state index contributed by atoms with van der Waals surface area (Å²) in [4.78, 5) is 17.9. The fraction of sp³-hybridized carbons (Fsp3) is 0.758. The summed E-state index contributed by atoms with van der Waals surface area (Å²) in [5.74, 6) is -0.0488. The monoisotopic (exact) mass is 705 g/mol. The van der Waals surface area contributed by atoms with Crippen LogP contribution >= 0.6 is 22.8 Å². The van der Waals surface area contributed by atoms with Crippen LogP contribution in [0.3, 0.4) is 0 Å². The molecule has 2 amide bonds. The molecule has 1 fully saturated rings. The topological polar surface area (TPSA) is 62.2 Å². The fourth-order valence-electron chi connectivity index (χ4n) is 3.86. The molecule has 2 aromatic rings. The molecule has 1 saturated heterocycles. The number of nitrogens with one attached hydrogen (secondary N) is 2. The molecule has 0 saturated carbocycles. The first kappa shape index (κ1) is 48.7. The molecule has 1 aromatic heterocycles. The van der Waals surface area contributed by atoms with Gasteiger partial charge in [-0.3, -0.25) is 9.11 Å². The molecule has 1 aliphatic heterocycles. The second kappa shape index (κ2) is 28.3. The summed E-state index contributed by atoms with van der Waals surface area (Å²) in [6, 6.07) is 5.13. The molecule has 274 valence electrons. The van der Waals surface area contributed by atoms with Gasteiger partial charge >= 0.3 is 6.03 Å². The van der Waals surface area contributed by atoms with Gasteiger partial charge in [-0.1, -0.05) is 73.8 Å². The van der Waals surface area contributed by atoms with E-state index in [0.717, 1.165) is 52.6 Å². The SMILES string of the molecule is CC.CC(C)C.CCC.CNS.CS(C)(C)CCCCn1c(CCCF)nc2ccc(CN3CC(F)(F)CNC3=O)cc21.FCF. The fourth-order valence-corrected chi connectivity index (χ4v) is 4.93. The molecule has 0 radical (unpaired) electrons. The third kappa shape index (κ3) is 24.4. The molecule has 0 unspecified atom stereocenters. The van der Waals surface area contributed by atoms with Crippen LogP contribution in [-0.2, 0) is 19.5 Å². The van der Waals surface area contributed by atoms with Gasteiger partial charge in [0.05, 0.1) is 30.8 Å². The highest BCUT2D eigenvalue weighted by Crippen LogP contribution is 2.35. The van der Waals surface area contributed by atoms with E-state index in [1.807, 2.05) is 32.0 Å². The molecule has 6 nitrogen and oxygen atoms in total. The molecule has 3 rings (SSSR count). The number of hydrogen-bond acceptors (Lipinski definition) is 4. The molecule has 1 aromatic carbocycles. The number of unbranched alkanes of at least 4 members (excludes halogenated alkanes) is 1. The molecule has 2 N–H and O–H groups in total. The second-order valence-corrected chi connectivity index (χ2v) is 17.0. The average molecular weight is 706 g/mol. The number of nitrogens with zero attached hydrogens (tertiary/aromatic N) is 3. The van der Waals surface area contributed by atoms with Crippen LogP contribution < -0.4 is 10.0 Å². The largest absolute Gasteiger partial charge is 0.332 e. The van der Waals surface area contributed by atoms with Crippen molar-refractivity contribution < 1.29 is 26.7 Å². The Morgan fingerprint density at radius 2 is 1.59 bits per heavy atom. The molecule has 46 heavy (non-hydrogen) atoms. The van der Waals surface area contributed by atoms with E-state index in [-0.39, 0.29) is 13.2 Å². The van der Waals surface area contributed by atoms with Gasteiger partial charge in [0.15, 0.2) is 0 Å². The van der Waals surface area contributed by atoms with Gasteiger partial charge in [0, 0.05) is 19.5 Å². The number of benzene rings is 1. The van der Waals surface area contributed by atoms with E-state index in [2.05, 4.69) is 80.8 Å². The van der Waals surface area contributed by atoms with Gasteiger partial charge in [0.25, 0.3) is 5.92 Å². The highest BCUT2D eigenvalue weighted by molar-refractivity contribution is 8.32. The highest BCUT2D eigenvalue weighted by atomic mass is 32.3. The third-order valence-corrected chi connectivity index (χ3v) is 6.91. The van der Waals surface area contributed by atoms with E-state index in [0.29, 0.717) is 12.8 Å². The zero-order chi connectivity index (χ0) is 36.3. The number of fused-ring (bicyclic) bond motifs is 1. The van der Waals surface area contributed by atoms with Gasteiger partial charge in [0.2, 0.25) is 6.93 Å². The van der Waals surface area contributed by atoms with E-state index >= 15 is 0 Å². The molecular weight excluding hydrogens is 642 g/mol. The van der Waals surface area contributed by atoms with Crippen molar-refractivity contribution in [3.63, 3.8) is 0 Å². The highest BCUT2D eigenvalue weighted by Gasteiger charge is 2.38. The lowest BCUT2D eigenvalue weighted by molar-refractivity contribution is -0.0367. The first-order valence-corrected chi connectivity index (χ1v) is 19.6. The van der Waals surface area contributed by atoms with E-state index in [9.17, 15) is 26.7 Å². The van der Waals surface area contributed by atoms with Crippen molar-refractivity contribution in [1.82, 2.24) is 24.5 Å². The lowest BCUT2D eigenvalue weighted by atomic mass is 10.1. The number of aryl methyl sites for hydroxylation is 2. The van der Waals surface area contributed by atoms with Crippen molar-refractivity contribution in [2.45, 2.75) is 99.6 Å². The predicted octanol–water partition coefficient (Wildman–Crippen LogP) is 9.61. The zero-order valence-corrected chi connectivity index (χ0v) is 32.0.